The van der Waals surface area contributed by atoms with Gasteiger partial charge < -0.3 is 9.64 Å². The summed E-state index contributed by atoms with van der Waals surface area (Å²) in [6, 6.07) is 7.63. The molecule has 156 valence electrons. The molecule has 30 heavy (non-hydrogen) atoms. The van der Waals surface area contributed by atoms with Gasteiger partial charge in [-0.25, -0.2) is 13.1 Å². The van der Waals surface area contributed by atoms with E-state index in [0.717, 1.165) is 11.3 Å². The molecule has 0 atom stereocenters. The Balaban J connectivity index is 2.01. The summed E-state index contributed by atoms with van der Waals surface area (Å²) in [5.74, 6) is -0.597. The number of amides is 1. The van der Waals surface area contributed by atoms with Crippen molar-refractivity contribution >= 4 is 21.3 Å². The molecule has 1 amide bonds. The molecule has 1 aromatic carbocycles. The predicted molar refractivity (Wildman–Crippen MR) is 115 cm³/mol. The van der Waals surface area contributed by atoms with Crippen LogP contribution in [0.4, 0.5) is 0 Å². The van der Waals surface area contributed by atoms with Crippen molar-refractivity contribution in [1.82, 2.24) is 14.7 Å². The van der Waals surface area contributed by atoms with Crippen LogP contribution in [-0.2, 0) is 20.3 Å². The first-order valence-electron chi connectivity index (χ1n) is 9.66. The number of sulfone groups is 1. The van der Waals surface area contributed by atoms with Gasteiger partial charge in [-0.15, -0.1) is 0 Å². The zero-order valence-electron chi connectivity index (χ0n) is 16.8. The summed E-state index contributed by atoms with van der Waals surface area (Å²) in [5.41, 5.74) is 3.25. The minimum absolute atomic E-state index is 0.102. The van der Waals surface area contributed by atoms with Crippen LogP contribution in [-0.4, -0.2) is 55.3 Å². The van der Waals surface area contributed by atoms with E-state index in [1.54, 1.807) is 9.58 Å². The van der Waals surface area contributed by atoms with Gasteiger partial charge in [0, 0.05) is 24.2 Å². The topological polar surface area (TPSA) is 81.5 Å². The lowest BCUT2D eigenvalue weighted by atomic mass is 10.0. The van der Waals surface area contributed by atoms with Crippen LogP contribution in [0.1, 0.15) is 27.3 Å². The summed E-state index contributed by atoms with van der Waals surface area (Å²) in [5, 5.41) is 4.63. The molecule has 0 saturated carbocycles. The fourth-order valence-electron chi connectivity index (χ4n) is 3.91. The maximum absolute atomic E-state index is 13.3. The maximum Gasteiger partial charge on any atom is 0.274 e. The number of hydrogen-bond donors (Lipinski definition) is 0. The highest BCUT2D eigenvalue weighted by atomic mass is 32.2. The molecule has 8 heteroatoms. The first-order valence-corrected chi connectivity index (χ1v) is 11.3. The summed E-state index contributed by atoms with van der Waals surface area (Å²) < 4.78 is 32.9. The van der Waals surface area contributed by atoms with E-state index in [1.165, 1.54) is 12.2 Å². The molecule has 0 N–H and O–H groups in total. The van der Waals surface area contributed by atoms with E-state index in [-0.39, 0.29) is 22.3 Å². The summed E-state index contributed by atoms with van der Waals surface area (Å²) in [4.78, 5) is 15.1. The average Bonchev–Trinajstić information content (AvgIpc) is 3.10. The fourth-order valence-corrected chi connectivity index (χ4v) is 5.49. The number of aryl methyl sites for hydroxylation is 1. The van der Waals surface area contributed by atoms with E-state index in [1.807, 2.05) is 31.2 Å². The van der Waals surface area contributed by atoms with Crippen LogP contribution in [0.2, 0.25) is 0 Å². The zero-order valence-corrected chi connectivity index (χ0v) is 17.6. The molecule has 0 spiro atoms. The third kappa shape index (κ3) is 3.22. The van der Waals surface area contributed by atoms with Crippen molar-refractivity contribution in [2.45, 2.75) is 12.7 Å². The number of aromatic nitrogens is 2. The molecule has 2 aromatic rings. The van der Waals surface area contributed by atoms with Crippen molar-refractivity contribution in [3.8, 4) is 5.69 Å². The van der Waals surface area contributed by atoms with Gasteiger partial charge in [0.15, 0.2) is 15.5 Å². The number of benzene rings is 1. The minimum atomic E-state index is -3.67. The third-order valence-corrected chi connectivity index (χ3v) is 7.13. The molecular weight excluding hydrogens is 402 g/mol. The number of rotatable bonds is 4. The lowest BCUT2D eigenvalue weighted by Gasteiger charge is -2.26. The Hall–Kier alpha value is -2.97. The third-order valence-electron chi connectivity index (χ3n) is 5.41. The molecule has 2 aliphatic heterocycles. The highest BCUT2D eigenvalue weighted by molar-refractivity contribution is 7.95. The molecule has 4 rings (SSSR count). The molecule has 3 heterocycles. The summed E-state index contributed by atoms with van der Waals surface area (Å²) in [6.07, 6.45) is 2.82. The second-order valence-corrected chi connectivity index (χ2v) is 9.18. The van der Waals surface area contributed by atoms with Gasteiger partial charge in [-0.05, 0) is 18.6 Å². The lowest BCUT2D eigenvalue weighted by molar-refractivity contribution is 0.0298. The molecular formula is C22H23N3O4S. The van der Waals surface area contributed by atoms with E-state index in [9.17, 15) is 13.2 Å². The quantitative estimate of drug-likeness (QED) is 0.752. The Labute approximate surface area is 175 Å². The van der Waals surface area contributed by atoms with Gasteiger partial charge in [0.05, 0.1) is 35.3 Å². The normalized spacial score (nSPS) is 18.1. The van der Waals surface area contributed by atoms with Crippen LogP contribution >= 0.6 is 0 Å². The second kappa shape index (κ2) is 7.70. The van der Waals surface area contributed by atoms with E-state index >= 15 is 0 Å². The van der Waals surface area contributed by atoms with Gasteiger partial charge in [-0.2, -0.15) is 5.10 Å². The number of hydrogen-bond acceptors (Lipinski definition) is 5. The molecule has 2 aliphatic rings. The molecule has 0 unspecified atom stereocenters. The highest BCUT2D eigenvalue weighted by Gasteiger charge is 2.37. The number of morpholine rings is 1. The average molecular weight is 426 g/mol. The fraction of sp³-hybridized carbons (Fsp3) is 0.273. The van der Waals surface area contributed by atoms with Crippen molar-refractivity contribution in [2.24, 2.45) is 0 Å². The van der Waals surface area contributed by atoms with Crippen LogP contribution in [0.25, 0.3) is 11.3 Å². The van der Waals surface area contributed by atoms with Crippen LogP contribution in [0.15, 0.2) is 54.5 Å². The number of fused-ring (bicyclic) bond motifs is 1. The number of nitrogens with zero attached hydrogens (tertiary/aromatic N) is 3. The number of carbonyl (C=O) groups excluding carboxylic acids is 1. The van der Waals surface area contributed by atoms with Crippen molar-refractivity contribution < 1.29 is 17.9 Å². The highest BCUT2D eigenvalue weighted by Crippen LogP contribution is 2.38. The van der Waals surface area contributed by atoms with Crippen LogP contribution < -0.4 is 0 Å². The smallest absolute Gasteiger partial charge is 0.274 e. The van der Waals surface area contributed by atoms with Crippen molar-refractivity contribution in [1.29, 1.82) is 0 Å². The minimum Gasteiger partial charge on any atom is -0.378 e. The first kappa shape index (κ1) is 20.3. The first-order chi connectivity index (χ1) is 14.4. The Morgan fingerprint density at radius 3 is 2.50 bits per heavy atom. The number of ether oxygens (including phenoxy) is 1. The summed E-state index contributed by atoms with van der Waals surface area (Å²) in [6.45, 7) is 11.2. The van der Waals surface area contributed by atoms with Gasteiger partial charge in [0.2, 0.25) is 0 Å². The van der Waals surface area contributed by atoms with Crippen LogP contribution in [0.5, 0.6) is 0 Å². The second-order valence-electron chi connectivity index (χ2n) is 7.22. The molecule has 1 aromatic heterocycles. The SMILES string of the molecule is C=CC1=C(C=C)S(=O)(=O)Cc2c(C(=O)N3CCOCC3)nn(-c3ccccc3C)c21. The number of allylic oxidation sites excluding steroid dienone is 3. The van der Waals surface area contributed by atoms with E-state index in [4.69, 9.17) is 4.74 Å². The van der Waals surface area contributed by atoms with Crippen molar-refractivity contribution in [3.63, 3.8) is 0 Å². The molecule has 7 nitrogen and oxygen atoms in total. The largest absolute Gasteiger partial charge is 0.378 e. The zero-order chi connectivity index (χ0) is 21.5. The van der Waals surface area contributed by atoms with Gasteiger partial charge in [0.1, 0.15) is 0 Å². The standard InChI is InChI=1S/C22H23N3O4S/c1-4-16-19(5-2)30(27,28)14-17-20(22(26)24-10-12-29-13-11-24)23-25(21(16)17)18-9-7-6-8-15(18)3/h4-9H,1-2,10-14H2,3H3. The van der Waals surface area contributed by atoms with E-state index in [0.29, 0.717) is 43.1 Å². The maximum atomic E-state index is 13.3. The van der Waals surface area contributed by atoms with Gasteiger partial charge >= 0.3 is 0 Å². The van der Waals surface area contributed by atoms with Gasteiger partial charge in [-0.1, -0.05) is 43.5 Å². The summed E-state index contributed by atoms with van der Waals surface area (Å²) in [7, 11) is -3.67. The van der Waals surface area contributed by atoms with Crippen LogP contribution in [0, 0.1) is 6.92 Å². The summed E-state index contributed by atoms with van der Waals surface area (Å²) >= 11 is 0. The van der Waals surface area contributed by atoms with E-state index in [2.05, 4.69) is 18.3 Å². The molecule has 1 saturated heterocycles. The monoisotopic (exact) mass is 425 g/mol. The number of para-hydroxylation sites is 1. The Kier molecular flexibility index (Phi) is 5.21. The molecule has 0 radical (unpaired) electrons. The predicted octanol–water partition coefficient (Wildman–Crippen LogP) is 2.66. The van der Waals surface area contributed by atoms with Gasteiger partial charge in [0.25, 0.3) is 5.91 Å². The van der Waals surface area contributed by atoms with Gasteiger partial charge in [-0.3, -0.25) is 4.79 Å². The van der Waals surface area contributed by atoms with Crippen molar-refractivity contribution in [2.75, 3.05) is 26.3 Å². The van der Waals surface area contributed by atoms with Crippen LogP contribution in [0.3, 0.4) is 0 Å². The van der Waals surface area contributed by atoms with E-state index < -0.39 is 9.84 Å². The Bertz CT molecular complexity index is 1180. The molecule has 1 fully saturated rings. The lowest BCUT2D eigenvalue weighted by Crippen LogP contribution is -2.41. The molecule has 0 bridgehead atoms. The number of carbonyl (C=O) groups is 1. The Morgan fingerprint density at radius 1 is 1.17 bits per heavy atom. The van der Waals surface area contributed by atoms with Crippen molar-refractivity contribution in [3.05, 3.63) is 77.0 Å². The molecule has 0 aliphatic carbocycles. The Morgan fingerprint density at radius 2 is 1.87 bits per heavy atom.